The molecule has 0 aromatic carbocycles. The summed E-state index contributed by atoms with van der Waals surface area (Å²) in [5.41, 5.74) is 0. The maximum absolute atomic E-state index is 14.2. The van der Waals surface area contributed by atoms with E-state index in [0.717, 1.165) is 0 Å². The lowest BCUT2D eigenvalue weighted by Crippen LogP contribution is -2.33. The van der Waals surface area contributed by atoms with Crippen LogP contribution < -0.4 is 0 Å². The van der Waals surface area contributed by atoms with Crippen molar-refractivity contribution in [1.82, 2.24) is 0 Å². The minimum absolute atomic E-state index is 0.139. The molecule has 12 nitrogen and oxygen atoms in total. The first-order chi connectivity index (χ1) is 16.0. The molecule has 34 heavy (non-hydrogen) atoms. The number of rotatable bonds is 21. The SMILES string of the molecule is CCOP(=O)(OCC)C(C(P(=O)(OCC)OCC)P(=O)(OCC)OCC)P(=O)(OCC)OCC. The highest BCUT2D eigenvalue weighted by molar-refractivity contribution is 7.80. The van der Waals surface area contributed by atoms with E-state index in [9.17, 15) is 18.3 Å². The average molecular weight is 574 g/mol. The predicted octanol–water partition coefficient (Wildman–Crippen LogP) is 6.70. The lowest BCUT2D eigenvalue weighted by atomic mass is 10.9. The predicted molar refractivity (Wildman–Crippen MR) is 131 cm³/mol. The van der Waals surface area contributed by atoms with Gasteiger partial charge < -0.3 is 36.2 Å². The van der Waals surface area contributed by atoms with Crippen molar-refractivity contribution in [2.75, 3.05) is 52.9 Å². The smallest absolute Gasteiger partial charge is 0.308 e. The molecule has 0 amide bonds. The van der Waals surface area contributed by atoms with Gasteiger partial charge in [0.15, 0.2) is 10.8 Å². The van der Waals surface area contributed by atoms with Crippen LogP contribution in [0.1, 0.15) is 55.4 Å². The molecule has 206 valence electrons. The first-order valence-corrected chi connectivity index (χ1v) is 18.0. The van der Waals surface area contributed by atoms with Crippen LogP contribution in [0.15, 0.2) is 0 Å². The molecule has 0 saturated heterocycles. The summed E-state index contributed by atoms with van der Waals surface area (Å²) in [6.07, 6.45) is 0. The van der Waals surface area contributed by atoms with Crippen LogP contribution in [0, 0.1) is 0 Å². The van der Waals surface area contributed by atoms with E-state index in [1.165, 1.54) is 0 Å². The highest BCUT2D eigenvalue weighted by Crippen LogP contribution is 2.83. The molecule has 0 N–H and O–H groups in total. The zero-order valence-corrected chi connectivity index (χ0v) is 25.1. The molecule has 0 aromatic heterocycles. The van der Waals surface area contributed by atoms with Crippen molar-refractivity contribution in [2.24, 2.45) is 0 Å². The van der Waals surface area contributed by atoms with Crippen LogP contribution in [0.25, 0.3) is 0 Å². The number of hydrogen-bond acceptors (Lipinski definition) is 12. The van der Waals surface area contributed by atoms with Crippen molar-refractivity contribution < 1.29 is 54.5 Å². The van der Waals surface area contributed by atoms with Crippen LogP contribution in [0.3, 0.4) is 0 Å². The largest absolute Gasteiger partial charge is 0.347 e. The second kappa shape index (κ2) is 16.4. The van der Waals surface area contributed by atoms with E-state index >= 15 is 0 Å². The summed E-state index contributed by atoms with van der Waals surface area (Å²) in [4.78, 5) is 0. The highest BCUT2D eigenvalue weighted by Gasteiger charge is 2.68. The van der Waals surface area contributed by atoms with E-state index in [1.807, 2.05) is 0 Å². The fraction of sp³-hybridized carbons (Fsp3) is 1.00. The fourth-order valence-electron chi connectivity index (χ4n) is 3.20. The van der Waals surface area contributed by atoms with Gasteiger partial charge in [-0.15, -0.1) is 0 Å². The molecule has 16 heteroatoms. The number of hydrogen-bond donors (Lipinski definition) is 0. The van der Waals surface area contributed by atoms with E-state index in [0.29, 0.717) is 0 Å². The summed E-state index contributed by atoms with van der Waals surface area (Å²) in [5.74, 6) is 0. The van der Waals surface area contributed by atoms with Crippen LogP contribution in [-0.4, -0.2) is 63.7 Å². The summed E-state index contributed by atoms with van der Waals surface area (Å²) >= 11 is 0. The second-order valence-corrected chi connectivity index (χ2v) is 15.8. The Morgan fingerprint density at radius 1 is 0.353 bits per heavy atom. The highest BCUT2D eigenvalue weighted by atomic mass is 31.3. The minimum Gasteiger partial charge on any atom is -0.308 e. The molecule has 0 bridgehead atoms. The van der Waals surface area contributed by atoms with Crippen molar-refractivity contribution in [3.8, 4) is 0 Å². The van der Waals surface area contributed by atoms with Crippen LogP contribution in [-0.2, 0) is 54.5 Å². The monoisotopic (exact) mass is 574 g/mol. The van der Waals surface area contributed by atoms with Gasteiger partial charge in [-0.1, -0.05) is 0 Å². The van der Waals surface area contributed by atoms with E-state index in [1.54, 1.807) is 55.4 Å². The molecule has 0 aromatic rings. The third kappa shape index (κ3) is 8.86. The van der Waals surface area contributed by atoms with Gasteiger partial charge in [-0.3, -0.25) is 18.3 Å². The Morgan fingerprint density at radius 3 is 0.559 bits per heavy atom. The summed E-state index contributed by atoms with van der Waals surface area (Å²) in [6.45, 7) is 11.2. The van der Waals surface area contributed by atoms with Gasteiger partial charge in [-0.2, -0.15) is 0 Å². The summed E-state index contributed by atoms with van der Waals surface area (Å²) in [7, 11) is -18.1. The van der Waals surface area contributed by atoms with Gasteiger partial charge in [0.1, 0.15) is 0 Å². The van der Waals surface area contributed by atoms with E-state index in [2.05, 4.69) is 0 Å². The summed E-state index contributed by atoms with van der Waals surface area (Å²) < 4.78 is 101. The Morgan fingerprint density at radius 2 is 0.471 bits per heavy atom. The van der Waals surface area contributed by atoms with Gasteiger partial charge in [-0.05, 0) is 55.4 Å². The normalized spacial score (nSPS) is 13.8. The van der Waals surface area contributed by atoms with Crippen LogP contribution in [0.2, 0.25) is 0 Å². The van der Waals surface area contributed by atoms with Crippen molar-refractivity contribution in [3.05, 3.63) is 0 Å². The van der Waals surface area contributed by atoms with E-state index in [-0.39, 0.29) is 52.9 Å². The Bertz CT molecular complexity index is 599. The van der Waals surface area contributed by atoms with Gasteiger partial charge in [0.05, 0.1) is 52.9 Å². The van der Waals surface area contributed by atoms with Gasteiger partial charge in [0.2, 0.25) is 0 Å². The molecule has 0 saturated carbocycles. The van der Waals surface area contributed by atoms with Crippen molar-refractivity contribution >= 4 is 30.4 Å². The third-order valence-electron chi connectivity index (χ3n) is 4.04. The van der Waals surface area contributed by atoms with Crippen LogP contribution in [0.5, 0.6) is 0 Å². The maximum Gasteiger partial charge on any atom is 0.347 e. The van der Waals surface area contributed by atoms with Gasteiger partial charge in [0, 0.05) is 0 Å². The molecule has 0 aliphatic carbocycles. The Hall–Kier alpha value is 0.600. The molecule has 0 spiro atoms. The third-order valence-corrected chi connectivity index (χ3v) is 17.1. The Kier molecular flexibility index (Phi) is 16.7. The molecule has 0 radical (unpaired) electrons. The first kappa shape index (κ1) is 34.6. The molecular formula is C18H42O12P4. The molecule has 0 aliphatic heterocycles. The first-order valence-electron chi connectivity index (χ1n) is 11.5. The second-order valence-electron chi connectivity index (χ2n) is 6.33. The zero-order valence-electron chi connectivity index (χ0n) is 21.5. The van der Waals surface area contributed by atoms with E-state index in [4.69, 9.17) is 36.2 Å². The molecule has 0 fully saturated rings. The minimum atomic E-state index is -4.53. The lowest BCUT2D eigenvalue weighted by Gasteiger charge is -2.40. The Balaban J connectivity index is 7.69. The van der Waals surface area contributed by atoms with Crippen LogP contribution >= 0.6 is 30.4 Å². The quantitative estimate of drug-likeness (QED) is 0.135. The Labute approximate surface area is 204 Å². The fourth-order valence-corrected chi connectivity index (χ4v) is 17.2. The summed E-state index contributed by atoms with van der Waals surface area (Å²) in [5, 5.41) is -4.01. The molecule has 0 unspecified atom stereocenters. The standard InChI is InChI=1S/C18H42O12P4/c1-9-23-31(19,24-10-2)17(32(20,25-11-3)26-12-4)18(33(21,27-13-5)28-14-6)34(22,29-15-7)30-16-8/h17-18H,9-16H2,1-8H3. The molecule has 0 aliphatic rings. The van der Waals surface area contributed by atoms with Crippen molar-refractivity contribution in [1.29, 1.82) is 0 Å². The molecular weight excluding hydrogens is 532 g/mol. The maximum atomic E-state index is 14.2. The van der Waals surface area contributed by atoms with Gasteiger partial charge in [0.25, 0.3) is 0 Å². The topological polar surface area (TPSA) is 142 Å². The van der Waals surface area contributed by atoms with E-state index < -0.39 is 41.2 Å². The van der Waals surface area contributed by atoms with Gasteiger partial charge >= 0.3 is 30.4 Å². The molecule has 0 heterocycles. The molecule has 0 atom stereocenters. The summed E-state index contributed by atoms with van der Waals surface area (Å²) in [6, 6.07) is 0. The molecule has 0 rings (SSSR count). The van der Waals surface area contributed by atoms with Gasteiger partial charge in [-0.25, -0.2) is 0 Å². The average Bonchev–Trinajstić information content (AvgIpc) is 2.73. The van der Waals surface area contributed by atoms with Crippen LogP contribution in [0.4, 0.5) is 0 Å². The van der Waals surface area contributed by atoms with Crippen molar-refractivity contribution in [3.63, 3.8) is 0 Å². The zero-order chi connectivity index (χ0) is 26.5. The van der Waals surface area contributed by atoms with Crippen molar-refractivity contribution in [2.45, 2.75) is 66.2 Å². The lowest BCUT2D eigenvalue weighted by molar-refractivity contribution is 0.175.